The quantitative estimate of drug-likeness (QED) is 0.855. The number of carbonyl (C=O) groups is 1. The number of rotatable bonds is 4. The minimum absolute atomic E-state index is 0.0479. The molecule has 0 bridgehead atoms. The summed E-state index contributed by atoms with van der Waals surface area (Å²) in [4.78, 5) is 18.9. The molecule has 2 aromatic heterocycles. The Balaban J connectivity index is 1.42. The smallest absolute Gasteiger partial charge is 0.239 e. The highest BCUT2D eigenvalue weighted by molar-refractivity contribution is 7.10. The van der Waals surface area contributed by atoms with Gasteiger partial charge in [-0.2, -0.15) is 5.10 Å². The summed E-state index contributed by atoms with van der Waals surface area (Å²) in [6.07, 6.45) is 7.14. The highest BCUT2D eigenvalue weighted by Gasteiger charge is 2.35. The van der Waals surface area contributed by atoms with Crippen LogP contribution in [-0.4, -0.2) is 50.7 Å². The van der Waals surface area contributed by atoms with Gasteiger partial charge < -0.3 is 4.90 Å². The lowest BCUT2D eigenvalue weighted by Crippen LogP contribution is -2.50. The van der Waals surface area contributed by atoms with Crippen LogP contribution < -0.4 is 0 Å². The predicted molar refractivity (Wildman–Crippen MR) is 94.9 cm³/mol. The molecule has 1 saturated heterocycles. The number of amides is 1. The van der Waals surface area contributed by atoms with Crippen molar-refractivity contribution in [3.8, 4) is 0 Å². The first-order valence-electron chi connectivity index (χ1n) is 8.79. The van der Waals surface area contributed by atoms with Crippen LogP contribution >= 0.6 is 11.3 Å². The van der Waals surface area contributed by atoms with E-state index in [1.807, 2.05) is 39.4 Å². The van der Waals surface area contributed by atoms with Gasteiger partial charge in [0.2, 0.25) is 5.91 Å². The summed E-state index contributed by atoms with van der Waals surface area (Å²) in [5, 5.41) is 6.46. The van der Waals surface area contributed by atoms with Crippen LogP contribution in [0.5, 0.6) is 0 Å². The van der Waals surface area contributed by atoms with E-state index in [0.717, 1.165) is 45.4 Å². The molecule has 2 atom stereocenters. The Morgan fingerprint density at radius 3 is 3.21 bits per heavy atom. The summed E-state index contributed by atoms with van der Waals surface area (Å²) >= 11 is 1.82. The topological polar surface area (TPSA) is 41.4 Å². The van der Waals surface area contributed by atoms with Gasteiger partial charge in [-0.25, -0.2) is 0 Å². The van der Waals surface area contributed by atoms with E-state index in [9.17, 15) is 4.79 Å². The molecule has 0 saturated carbocycles. The van der Waals surface area contributed by atoms with Crippen molar-refractivity contribution in [2.45, 2.75) is 51.4 Å². The first-order chi connectivity index (χ1) is 11.7. The number of thiophene rings is 1. The number of likely N-dealkylation sites (tertiary alicyclic amines) is 1. The van der Waals surface area contributed by atoms with E-state index in [2.05, 4.69) is 28.4 Å². The second kappa shape index (κ2) is 6.69. The number of aromatic nitrogens is 2. The maximum absolute atomic E-state index is 13.0. The maximum atomic E-state index is 13.0. The van der Waals surface area contributed by atoms with E-state index < -0.39 is 0 Å². The van der Waals surface area contributed by atoms with Crippen LogP contribution in [0.3, 0.4) is 0 Å². The minimum atomic E-state index is -0.0479. The average Bonchev–Trinajstić information content (AvgIpc) is 3.34. The second-order valence-electron chi connectivity index (χ2n) is 6.82. The fraction of sp³-hybridized carbons (Fsp3) is 0.556. The first-order valence-corrected chi connectivity index (χ1v) is 9.67. The molecular weight excluding hydrogens is 320 g/mol. The van der Waals surface area contributed by atoms with Crippen molar-refractivity contribution in [3.05, 3.63) is 40.3 Å². The molecule has 1 amide bonds. The van der Waals surface area contributed by atoms with E-state index in [-0.39, 0.29) is 11.9 Å². The predicted octanol–water partition coefficient (Wildman–Crippen LogP) is 2.38. The molecule has 2 aliphatic heterocycles. The van der Waals surface area contributed by atoms with Gasteiger partial charge in [-0.1, -0.05) is 0 Å². The number of hydrogen-bond donors (Lipinski definition) is 0. The number of hydrogen-bond acceptors (Lipinski definition) is 4. The zero-order valence-corrected chi connectivity index (χ0v) is 14.9. The summed E-state index contributed by atoms with van der Waals surface area (Å²) in [6, 6.07) is 4.49. The van der Waals surface area contributed by atoms with E-state index in [0.29, 0.717) is 6.04 Å². The maximum Gasteiger partial charge on any atom is 0.239 e. The van der Waals surface area contributed by atoms with Crippen molar-refractivity contribution < 1.29 is 4.79 Å². The molecule has 0 aromatic carbocycles. The Morgan fingerprint density at radius 2 is 2.38 bits per heavy atom. The molecule has 6 heteroatoms. The van der Waals surface area contributed by atoms with Crippen LogP contribution in [0, 0.1) is 0 Å². The van der Waals surface area contributed by atoms with Gasteiger partial charge in [-0.3, -0.25) is 14.4 Å². The SMILES string of the molecule is C[C@H](C(=O)N1CCc2sccc2C1)N1CCC[C@@H]1Cn1cccn1. The van der Waals surface area contributed by atoms with Crippen LogP contribution in [0.4, 0.5) is 0 Å². The third-order valence-corrected chi connectivity index (χ3v) is 6.38. The lowest BCUT2D eigenvalue weighted by Gasteiger charge is -2.35. The molecule has 1 fully saturated rings. The van der Waals surface area contributed by atoms with Crippen molar-refractivity contribution in [2.24, 2.45) is 0 Å². The molecule has 0 aliphatic carbocycles. The van der Waals surface area contributed by atoms with Crippen LogP contribution in [-0.2, 0) is 24.3 Å². The molecule has 0 unspecified atom stereocenters. The average molecular weight is 344 g/mol. The van der Waals surface area contributed by atoms with Crippen molar-refractivity contribution in [2.75, 3.05) is 13.1 Å². The molecule has 5 nitrogen and oxygen atoms in total. The normalized spacial score (nSPS) is 22.5. The summed E-state index contributed by atoms with van der Waals surface area (Å²) in [5.74, 6) is 0.277. The standard InChI is InChI=1S/C18H24N4OS/c1-14(18(23)20-10-5-17-15(12-20)6-11-24-17)22-9-2-4-16(22)13-21-8-3-7-19-21/h3,6-8,11,14,16H,2,4-5,9-10,12-13H2,1H3/t14-,16-/m1/s1. The largest absolute Gasteiger partial charge is 0.337 e. The molecule has 4 heterocycles. The summed E-state index contributed by atoms with van der Waals surface area (Å²) in [5.41, 5.74) is 1.33. The van der Waals surface area contributed by atoms with Gasteiger partial charge in [0.05, 0.1) is 12.6 Å². The summed E-state index contributed by atoms with van der Waals surface area (Å²) in [6.45, 7) is 5.59. The van der Waals surface area contributed by atoms with Crippen molar-refractivity contribution in [1.29, 1.82) is 0 Å². The van der Waals surface area contributed by atoms with Gasteiger partial charge >= 0.3 is 0 Å². The molecule has 2 aromatic rings. The molecule has 0 radical (unpaired) electrons. The number of nitrogens with zero attached hydrogens (tertiary/aromatic N) is 4. The zero-order valence-electron chi connectivity index (χ0n) is 14.1. The molecule has 24 heavy (non-hydrogen) atoms. The Bertz CT molecular complexity index is 696. The molecule has 0 N–H and O–H groups in total. The Morgan fingerprint density at radius 1 is 1.46 bits per heavy atom. The zero-order chi connectivity index (χ0) is 16.5. The van der Waals surface area contributed by atoms with Gasteiger partial charge in [0, 0.05) is 36.4 Å². The van der Waals surface area contributed by atoms with Gasteiger partial charge in [-0.15, -0.1) is 11.3 Å². The van der Waals surface area contributed by atoms with E-state index in [4.69, 9.17) is 0 Å². The summed E-state index contributed by atoms with van der Waals surface area (Å²) in [7, 11) is 0. The number of carbonyl (C=O) groups excluding carboxylic acids is 1. The summed E-state index contributed by atoms with van der Waals surface area (Å²) < 4.78 is 1.98. The van der Waals surface area contributed by atoms with Crippen LogP contribution in [0.25, 0.3) is 0 Å². The lowest BCUT2D eigenvalue weighted by atomic mass is 10.1. The van der Waals surface area contributed by atoms with Gasteiger partial charge in [0.25, 0.3) is 0 Å². The van der Waals surface area contributed by atoms with Crippen LogP contribution in [0.15, 0.2) is 29.9 Å². The lowest BCUT2D eigenvalue weighted by molar-refractivity contribution is -0.137. The highest BCUT2D eigenvalue weighted by atomic mass is 32.1. The molecule has 4 rings (SSSR count). The number of fused-ring (bicyclic) bond motifs is 1. The first kappa shape index (κ1) is 15.8. The van der Waals surface area contributed by atoms with Crippen molar-refractivity contribution >= 4 is 17.2 Å². The van der Waals surface area contributed by atoms with E-state index >= 15 is 0 Å². The van der Waals surface area contributed by atoms with Crippen LogP contribution in [0.1, 0.15) is 30.2 Å². The van der Waals surface area contributed by atoms with Gasteiger partial charge in [-0.05, 0) is 55.8 Å². The second-order valence-corrected chi connectivity index (χ2v) is 7.82. The van der Waals surface area contributed by atoms with Gasteiger partial charge in [0.1, 0.15) is 0 Å². The molecular formula is C18H24N4OS. The Labute approximate surface area is 146 Å². The molecule has 2 aliphatic rings. The Kier molecular flexibility index (Phi) is 4.41. The minimum Gasteiger partial charge on any atom is -0.337 e. The monoisotopic (exact) mass is 344 g/mol. The fourth-order valence-electron chi connectivity index (χ4n) is 4.03. The third kappa shape index (κ3) is 3.00. The van der Waals surface area contributed by atoms with Crippen molar-refractivity contribution in [3.63, 3.8) is 0 Å². The third-order valence-electron chi connectivity index (χ3n) is 5.35. The molecule has 0 spiro atoms. The fourth-order valence-corrected chi connectivity index (χ4v) is 4.92. The van der Waals surface area contributed by atoms with Crippen molar-refractivity contribution in [1.82, 2.24) is 19.6 Å². The Hall–Kier alpha value is -1.66. The van der Waals surface area contributed by atoms with Crippen LogP contribution in [0.2, 0.25) is 0 Å². The highest BCUT2D eigenvalue weighted by Crippen LogP contribution is 2.27. The van der Waals surface area contributed by atoms with Gasteiger partial charge in [0.15, 0.2) is 0 Å². The van der Waals surface area contributed by atoms with E-state index in [1.165, 1.54) is 10.4 Å². The van der Waals surface area contributed by atoms with E-state index in [1.54, 1.807) is 0 Å². The molecule has 128 valence electrons.